The van der Waals surface area contributed by atoms with Crippen molar-refractivity contribution in [2.24, 2.45) is 5.92 Å². The van der Waals surface area contributed by atoms with Gasteiger partial charge in [0.1, 0.15) is 0 Å². The molecule has 1 aromatic carbocycles. The van der Waals surface area contributed by atoms with Crippen LogP contribution in [0.3, 0.4) is 0 Å². The van der Waals surface area contributed by atoms with Gasteiger partial charge in [0.25, 0.3) is 5.91 Å². The van der Waals surface area contributed by atoms with Crippen LogP contribution in [0.1, 0.15) is 42.6 Å². The highest BCUT2D eigenvalue weighted by molar-refractivity contribution is 9.10. The van der Waals surface area contributed by atoms with Crippen LogP contribution in [0, 0.1) is 5.92 Å². The number of alkyl halides is 3. The summed E-state index contributed by atoms with van der Waals surface area (Å²) >= 11 is 3.03. The molecule has 116 valence electrons. The lowest BCUT2D eigenvalue weighted by Crippen LogP contribution is -2.46. The van der Waals surface area contributed by atoms with Crippen molar-refractivity contribution in [1.29, 1.82) is 0 Å². The summed E-state index contributed by atoms with van der Waals surface area (Å²) in [5.74, 6) is -0.235. The summed E-state index contributed by atoms with van der Waals surface area (Å²) in [5, 5.41) is 0. The predicted octanol–water partition coefficient (Wildman–Crippen LogP) is 4.73. The molecule has 0 bridgehead atoms. The van der Waals surface area contributed by atoms with E-state index in [4.69, 9.17) is 0 Å². The van der Waals surface area contributed by atoms with E-state index in [-0.39, 0.29) is 11.6 Å². The van der Waals surface area contributed by atoms with E-state index in [2.05, 4.69) is 15.9 Å². The number of halogens is 4. The van der Waals surface area contributed by atoms with E-state index in [1.807, 2.05) is 13.8 Å². The third-order valence-electron chi connectivity index (χ3n) is 4.15. The fourth-order valence-electron chi connectivity index (χ4n) is 2.71. The normalized spacial score (nSPS) is 23.2. The quantitative estimate of drug-likeness (QED) is 0.706. The molecular formula is C15H17BrF3NO. The van der Waals surface area contributed by atoms with E-state index in [1.54, 1.807) is 4.90 Å². The molecule has 0 spiro atoms. The summed E-state index contributed by atoms with van der Waals surface area (Å²) in [4.78, 5) is 14.1. The molecule has 0 N–H and O–H groups in total. The summed E-state index contributed by atoms with van der Waals surface area (Å²) in [6.07, 6.45) is -2.72. The van der Waals surface area contributed by atoms with Crippen LogP contribution in [-0.4, -0.2) is 23.4 Å². The summed E-state index contributed by atoms with van der Waals surface area (Å²) in [6.45, 7) is 4.43. The Morgan fingerprint density at radius 3 is 2.62 bits per heavy atom. The highest BCUT2D eigenvalue weighted by Crippen LogP contribution is 2.35. The molecule has 2 atom stereocenters. The van der Waals surface area contributed by atoms with E-state index in [9.17, 15) is 18.0 Å². The van der Waals surface area contributed by atoms with Gasteiger partial charge in [-0.1, -0.05) is 22.9 Å². The maximum Gasteiger partial charge on any atom is 0.417 e. The average molecular weight is 364 g/mol. The highest BCUT2D eigenvalue weighted by atomic mass is 79.9. The lowest BCUT2D eigenvalue weighted by atomic mass is 9.91. The fraction of sp³-hybridized carbons (Fsp3) is 0.533. The number of carbonyl (C=O) groups excluding carboxylic acids is 1. The second-order valence-corrected chi connectivity index (χ2v) is 6.46. The van der Waals surface area contributed by atoms with Gasteiger partial charge in [-0.15, -0.1) is 0 Å². The maximum atomic E-state index is 13.1. The zero-order valence-corrected chi connectivity index (χ0v) is 13.5. The first kappa shape index (κ1) is 16.3. The first-order chi connectivity index (χ1) is 9.71. The first-order valence-electron chi connectivity index (χ1n) is 6.89. The van der Waals surface area contributed by atoms with Crippen LogP contribution in [0.4, 0.5) is 13.2 Å². The summed E-state index contributed by atoms with van der Waals surface area (Å²) in [6, 6.07) is 3.64. The number of nitrogens with zero attached hydrogens (tertiary/aromatic N) is 1. The van der Waals surface area contributed by atoms with Crippen molar-refractivity contribution in [2.45, 2.75) is 38.9 Å². The molecule has 6 heteroatoms. The van der Waals surface area contributed by atoms with Crippen molar-refractivity contribution in [3.05, 3.63) is 33.8 Å². The second-order valence-electron chi connectivity index (χ2n) is 5.55. The van der Waals surface area contributed by atoms with Crippen LogP contribution in [0.15, 0.2) is 22.7 Å². The number of hydrogen-bond acceptors (Lipinski definition) is 1. The number of carbonyl (C=O) groups is 1. The number of likely N-dealkylation sites (tertiary alicyclic amines) is 1. The molecule has 1 aromatic rings. The van der Waals surface area contributed by atoms with Gasteiger partial charge < -0.3 is 4.90 Å². The molecule has 2 rings (SSSR count). The van der Waals surface area contributed by atoms with E-state index in [1.165, 1.54) is 12.1 Å². The predicted molar refractivity (Wildman–Crippen MR) is 78.0 cm³/mol. The summed E-state index contributed by atoms with van der Waals surface area (Å²) in [7, 11) is 0. The van der Waals surface area contributed by atoms with Crippen molar-refractivity contribution in [3.8, 4) is 0 Å². The van der Waals surface area contributed by atoms with Gasteiger partial charge in [-0.2, -0.15) is 13.2 Å². The summed E-state index contributed by atoms with van der Waals surface area (Å²) in [5.41, 5.74) is -1.15. The molecule has 1 aliphatic heterocycles. The molecule has 1 heterocycles. The zero-order valence-electron chi connectivity index (χ0n) is 11.9. The van der Waals surface area contributed by atoms with E-state index < -0.39 is 17.6 Å². The Labute approximate surface area is 130 Å². The fourth-order valence-corrected chi connectivity index (χ4v) is 3.08. The number of hydrogen-bond donors (Lipinski definition) is 0. The Morgan fingerprint density at radius 2 is 2.00 bits per heavy atom. The van der Waals surface area contributed by atoms with Crippen LogP contribution < -0.4 is 0 Å². The van der Waals surface area contributed by atoms with Gasteiger partial charge in [0.15, 0.2) is 0 Å². The van der Waals surface area contributed by atoms with Crippen molar-refractivity contribution in [3.63, 3.8) is 0 Å². The second kappa shape index (κ2) is 5.99. The third kappa shape index (κ3) is 3.42. The van der Waals surface area contributed by atoms with E-state index >= 15 is 0 Å². The molecular weight excluding hydrogens is 347 g/mol. The molecule has 1 amide bonds. The topological polar surface area (TPSA) is 20.3 Å². The van der Waals surface area contributed by atoms with E-state index in [0.717, 1.165) is 18.9 Å². The van der Waals surface area contributed by atoms with Gasteiger partial charge >= 0.3 is 6.18 Å². The lowest BCUT2D eigenvalue weighted by Gasteiger charge is -2.38. The minimum Gasteiger partial charge on any atom is -0.336 e. The van der Waals surface area contributed by atoms with Crippen molar-refractivity contribution in [2.75, 3.05) is 6.54 Å². The molecule has 2 unspecified atom stereocenters. The Morgan fingerprint density at radius 1 is 1.33 bits per heavy atom. The minimum atomic E-state index is -4.54. The molecule has 0 saturated carbocycles. The number of rotatable bonds is 1. The first-order valence-corrected chi connectivity index (χ1v) is 7.69. The smallest absolute Gasteiger partial charge is 0.336 e. The molecule has 1 saturated heterocycles. The van der Waals surface area contributed by atoms with Crippen molar-refractivity contribution >= 4 is 21.8 Å². The third-order valence-corrected chi connectivity index (χ3v) is 4.65. The average Bonchev–Trinajstić information content (AvgIpc) is 2.40. The Balaban J connectivity index is 2.39. The van der Waals surface area contributed by atoms with Gasteiger partial charge in [0.2, 0.25) is 0 Å². The van der Waals surface area contributed by atoms with Crippen LogP contribution in [0.2, 0.25) is 0 Å². The molecule has 1 aliphatic rings. The molecule has 1 fully saturated rings. The van der Waals surface area contributed by atoms with Crippen molar-refractivity contribution in [1.82, 2.24) is 4.90 Å². The number of benzene rings is 1. The van der Waals surface area contributed by atoms with Crippen LogP contribution in [-0.2, 0) is 6.18 Å². The van der Waals surface area contributed by atoms with Crippen molar-refractivity contribution < 1.29 is 18.0 Å². The summed E-state index contributed by atoms with van der Waals surface area (Å²) < 4.78 is 39.7. The van der Waals surface area contributed by atoms with Crippen LogP contribution in [0.5, 0.6) is 0 Å². The monoisotopic (exact) mass is 363 g/mol. The standard InChI is InChI=1S/C15H17BrF3NO/c1-9-4-3-7-20(10(9)2)14(21)12-6-5-11(16)8-13(12)15(17,18)19/h5-6,8-10H,3-4,7H2,1-2H3. The van der Waals surface area contributed by atoms with E-state index in [0.29, 0.717) is 16.9 Å². The largest absolute Gasteiger partial charge is 0.417 e. The molecule has 21 heavy (non-hydrogen) atoms. The molecule has 0 aliphatic carbocycles. The number of amides is 1. The maximum absolute atomic E-state index is 13.1. The Bertz CT molecular complexity index is 544. The van der Waals surface area contributed by atoms with Gasteiger partial charge in [0, 0.05) is 17.1 Å². The minimum absolute atomic E-state index is 0.0454. The van der Waals surface area contributed by atoms with Gasteiger partial charge in [-0.05, 0) is 43.9 Å². The Kier molecular flexibility index (Phi) is 4.66. The SMILES string of the molecule is CC1CCCN(C(=O)c2ccc(Br)cc2C(F)(F)F)C1C. The van der Waals surface area contributed by atoms with Gasteiger partial charge in [-0.25, -0.2) is 0 Å². The van der Waals surface area contributed by atoms with Crippen LogP contribution in [0.25, 0.3) is 0 Å². The number of piperidine rings is 1. The molecule has 0 radical (unpaired) electrons. The van der Waals surface area contributed by atoms with Crippen LogP contribution >= 0.6 is 15.9 Å². The molecule has 0 aromatic heterocycles. The molecule has 2 nitrogen and oxygen atoms in total. The van der Waals surface area contributed by atoms with Gasteiger partial charge in [-0.3, -0.25) is 4.79 Å². The Hall–Kier alpha value is -1.04. The highest BCUT2D eigenvalue weighted by Gasteiger charge is 2.38. The van der Waals surface area contributed by atoms with Gasteiger partial charge in [0.05, 0.1) is 11.1 Å². The zero-order chi connectivity index (χ0) is 15.8. The lowest BCUT2D eigenvalue weighted by molar-refractivity contribution is -0.138.